The molecule has 2 aromatic carbocycles. The Morgan fingerprint density at radius 3 is 2.68 bits per heavy atom. The SMILES string of the molecule is COc1ccc2oc(=O)c(C(=O)Nc3ccccc3[N+](=O)[O-])cc2c1. The molecule has 0 fully saturated rings. The number of amides is 1. The zero-order chi connectivity index (χ0) is 18.0. The number of nitrogens with one attached hydrogen (secondary N) is 1. The molecule has 0 saturated heterocycles. The molecule has 8 heteroatoms. The van der Waals surface area contributed by atoms with Gasteiger partial charge in [0.1, 0.15) is 22.6 Å². The Bertz CT molecular complexity index is 1040. The Morgan fingerprint density at radius 1 is 1.20 bits per heavy atom. The van der Waals surface area contributed by atoms with E-state index in [1.165, 1.54) is 37.4 Å². The molecule has 8 nitrogen and oxygen atoms in total. The van der Waals surface area contributed by atoms with Gasteiger partial charge in [0, 0.05) is 11.5 Å². The number of nitro groups is 1. The van der Waals surface area contributed by atoms with Crippen LogP contribution in [0.25, 0.3) is 11.0 Å². The fourth-order valence-corrected chi connectivity index (χ4v) is 2.31. The van der Waals surface area contributed by atoms with Crippen LogP contribution in [-0.2, 0) is 0 Å². The highest BCUT2D eigenvalue weighted by molar-refractivity contribution is 6.06. The molecule has 126 valence electrons. The second kappa shape index (κ2) is 6.44. The predicted molar refractivity (Wildman–Crippen MR) is 90.1 cm³/mol. The van der Waals surface area contributed by atoms with Gasteiger partial charge in [-0.1, -0.05) is 12.1 Å². The number of benzene rings is 2. The molecule has 0 bridgehead atoms. The van der Waals surface area contributed by atoms with Crippen molar-refractivity contribution in [2.75, 3.05) is 12.4 Å². The third-order valence-corrected chi connectivity index (χ3v) is 3.53. The summed E-state index contributed by atoms with van der Waals surface area (Å²) in [5.41, 5.74) is -1.09. The van der Waals surface area contributed by atoms with E-state index in [-0.39, 0.29) is 16.9 Å². The lowest BCUT2D eigenvalue weighted by Crippen LogP contribution is -2.21. The van der Waals surface area contributed by atoms with Crippen molar-refractivity contribution >= 4 is 28.3 Å². The number of nitro benzene ring substituents is 1. The zero-order valence-corrected chi connectivity index (χ0v) is 13.0. The molecular formula is C17H12N2O6. The van der Waals surface area contributed by atoms with Crippen LogP contribution in [0, 0.1) is 10.1 Å². The van der Waals surface area contributed by atoms with Gasteiger partial charge in [0.25, 0.3) is 11.6 Å². The number of methoxy groups -OCH3 is 1. The van der Waals surface area contributed by atoms with Crippen molar-refractivity contribution in [2.45, 2.75) is 0 Å². The summed E-state index contributed by atoms with van der Waals surface area (Å²) in [4.78, 5) is 34.8. The minimum atomic E-state index is -0.839. The fraction of sp³-hybridized carbons (Fsp3) is 0.0588. The molecule has 0 radical (unpaired) electrons. The van der Waals surface area contributed by atoms with E-state index in [9.17, 15) is 19.7 Å². The van der Waals surface area contributed by atoms with Crippen molar-refractivity contribution < 1.29 is 18.9 Å². The van der Waals surface area contributed by atoms with Crippen molar-refractivity contribution in [3.8, 4) is 5.75 Å². The van der Waals surface area contributed by atoms with Gasteiger partial charge in [-0.25, -0.2) is 4.79 Å². The van der Waals surface area contributed by atoms with Gasteiger partial charge >= 0.3 is 5.63 Å². The Balaban J connectivity index is 2.01. The molecule has 0 saturated carbocycles. The predicted octanol–water partition coefficient (Wildman–Crippen LogP) is 2.96. The second-order valence-electron chi connectivity index (χ2n) is 5.08. The topological polar surface area (TPSA) is 112 Å². The number of carbonyl (C=O) groups is 1. The van der Waals surface area contributed by atoms with E-state index in [1.807, 2.05) is 0 Å². The third kappa shape index (κ3) is 3.18. The summed E-state index contributed by atoms with van der Waals surface area (Å²) in [7, 11) is 1.49. The summed E-state index contributed by atoms with van der Waals surface area (Å²) in [6.07, 6.45) is 0. The van der Waals surface area contributed by atoms with Gasteiger partial charge in [0.2, 0.25) is 0 Å². The lowest BCUT2D eigenvalue weighted by atomic mass is 10.1. The molecule has 1 aromatic heterocycles. The van der Waals surface area contributed by atoms with E-state index in [0.29, 0.717) is 16.7 Å². The first-order valence-electron chi connectivity index (χ1n) is 7.16. The molecule has 0 unspecified atom stereocenters. The molecule has 0 atom stereocenters. The molecule has 1 N–H and O–H groups in total. The second-order valence-corrected chi connectivity index (χ2v) is 5.08. The fourth-order valence-electron chi connectivity index (χ4n) is 2.31. The molecule has 1 heterocycles. The Labute approximate surface area is 140 Å². The van der Waals surface area contributed by atoms with Crippen molar-refractivity contribution in [2.24, 2.45) is 0 Å². The number of nitrogens with zero attached hydrogens (tertiary/aromatic N) is 1. The Hall–Kier alpha value is -3.68. The van der Waals surface area contributed by atoms with Gasteiger partial charge in [0.15, 0.2) is 0 Å². The van der Waals surface area contributed by atoms with Crippen LogP contribution in [0.4, 0.5) is 11.4 Å². The van der Waals surface area contributed by atoms with E-state index >= 15 is 0 Å². The van der Waals surface area contributed by atoms with Crippen molar-refractivity contribution in [1.29, 1.82) is 0 Å². The summed E-state index contributed by atoms with van der Waals surface area (Å²) in [5, 5.41) is 13.9. The minimum absolute atomic E-state index is 0.0114. The van der Waals surface area contributed by atoms with Crippen molar-refractivity contribution in [1.82, 2.24) is 0 Å². The first-order valence-corrected chi connectivity index (χ1v) is 7.16. The molecule has 0 aliphatic carbocycles. The number of hydrogen-bond donors (Lipinski definition) is 1. The summed E-state index contributed by atoms with van der Waals surface area (Å²) in [6.45, 7) is 0. The molecule has 0 aliphatic rings. The van der Waals surface area contributed by atoms with E-state index < -0.39 is 16.5 Å². The van der Waals surface area contributed by atoms with Crippen LogP contribution in [0.15, 0.2) is 57.7 Å². The highest BCUT2D eigenvalue weighted by Crippen LogP contribution is 2.24. The average molecular weight is 340 g/mol. The maximum Gasteiger partial charge on any atom is 0.349 e. The number of anilines is 1. The van der Waals surface area contributed by atoms with Gasteiger partial charge in [-0.15, -0.1) is 0 Å². The normalized spacial score (nSPS) is 10.4. The molecule has 1 amide bonds. The highest BCUT2D eigenvalue weighted by atomic mass is 16.6. The summed E-state index contributed by atoms with van der Waals surface area (Å²) in [6, 6.07) is 11.8. The number of ether oxygens (including phenoxy) is 1. The highest BCUT2D eigenvalue weighted by Gasteiger charge is 2.19. The summed E-state index contributed by atoms with van der Waals surface area (Å²) >= 11 is 0. The van der Waals surface area contributed by atoms with Crippen LogP contribution in [0.2, 0.25) is 0 Å². The number of rotatable bonds is 4. The molecule has 0 spiro atoms. The van der Waals surface area contributed by atoms with Crippen molar-refractivity contribution in [3.05, 3.63) is 74.6 Å². The van der Waals surface area contributed by atoms with E-state index in [2.05, 4.69) is 5.32 Å². The molecule has 25 heavy (non-hydrogen) atoms. The number of hydrogen-bond acceptors (Lipinski definition) is 6. The molecule has 3 rings (SSSR count). The summed E-state index contributed by atoms with van der Waals surface area (Å²) in [5.74, 6) is -0.265. The standard InChI is InChI=1S/C17H12N2O6/c1-24-11-6-7-15-10(8-11)9-12(17(21)25-15)16(20)18-13-4-2-3-5-14(13)19(22)23/h2-9H,1H3,(H,18,20). The molecular weight excluding hydrogens is 328 g/mol. The maximum atomic E-state index is 12.4. The van der Waals surface area contributed by atoms with Gasteiger partial charge in [-0.05, 0) is 30.3 Å². The number of para-hydroxylation sites is 2. The smallest absolute Gasteiger partial charge is 0.349 e. The lowest BCUT2D eigenvalue weighted by Gasteiger charge is -2.06. The van der Waals surface area contributed by atoms with Crippen LogP contribution in [-0.4, -0.2) is 17.9 Å². The Morgan fingerprint density at radius 2 is 1.96 bits per heavy atom. The first kappa shape index (κ1) is 16.2. The number of carbonyl (C=O) groups excluding carboxylic acids is 1. The first-order chi connectivity index (χ1) is 12.0. The third-order valence-electron chi connectivity index (χ3n) is 3.53. The van der Waals surface area contributed by atoms with Gasteiger partial charge in [-0.3, -0.25) is 14.9 Å². The monoisotopic (exact) mass is 340 g/mol. The number of fused-ring (bicyclic) bond motifs is 1. The van der Waals surface area contributed by atoms with Gasteiger partial charge in [0.05, 0.1) is 12.0 Å². The Kier molecular flexibility index (Phi) is 4.17. The van der Waals surface area contributed by atoms with E-state index in [4.69, 9.17) is 9.15 Å². The van der Waals surface area contributed by atoms with Crippen LogP contribution in [0.3, 0.4) is 0 Å². The van der Waals surface area contributed by atoms with Crippen LogP contribution < -0.4 is 15.7 Å². The quantitative estimate of drug-likeness (QED) is 0.444. The largest absolute Gasteiger partial charge is 0.497 e. The van der Waals surface area contributed by atoms with E-state index in [0.717, 1.165) is 0 Å². The average Bonchev–Trinajstić information content (AvgIpc) is 2.61. The molecule has 3 aromatic rings. The van der Waals surface area contributed by atoms with Gasteiger partial charge < -0.3 is 14.5 Å². The zero-order valence-electron chi connectivity index (χ0n) is 13.0. The van der Waals surface area contributed by atoms with Crippen LogP contribution >= 0.6 is 0 Å². The minimum Gasteiger partial charge on any atom is -0.497 e. The summed E-state index contributed by atoms with van der Waals surface area (Å²) < 4.78 is 10.2. The van der Waals surface area contributed by atoms with Crippen molar-refractivity contribution in [3.63, 3.8) is 0 Å². The lowest BCUT2D eigenvalue weighted by molar-refractivity contribution is -0.383. The van der Waals surface area contributed by atoms with Crippen LogP contribution in [0.1, 0.15) is 10.4 Å². The maximum absolute atomic E-state index is 12.4. The van der Waals surface area contributed by atoms with Crippen LogP contribution in [0.5, 0.6) is 5.75 Å². The van der Waals surface area contributed by atoms with E-state index in [1.54, 1.807) is 18.2 Å². The van der Waals surface area contributed by atoms with Gasteiger partial charge in [-0.2, -0.15) is 0 Å². The molecule has 0 aliphatic heterocycles.